The fraction of sp³-hybridized carbons (Fsp3) is 0.750. The van der Waals surface area contributed by atoms with Crippen LogP contribution >= 0.6 is 11.6 Å². The number of hydrogen-bond acceptors (Lipinski definition) is 1. The highest BCUT2D eigenvalue weighted by Crippen LogP contribution is 2.28. The third kappa shape index (κ3) is 0.886. The standard InChI is InChI=1S/C8H12ClN/c9-6-7-3-5-10-4-1-2-8(7)10/h3,8H,1-2,4-6H2. The summed E-state index contributed by atoms with van der Waals surface area (Å²) in [5.74, 6) is 0.737. The number of hydrogen-bond donors (Lipinski definition) is 0. The predicted octanol–water partition coefficient (Wildman–Crippen LogP) is 1.63. The van der Waals surface area contributed by atoms with Gasteiger partial charge in [0.2, 0.25) is 0 Å². The first kappa shape index (κ1) is 6.68. The van der Waals surface area contributed by atoms with Gasteiger partial charge in [0.25, 0.3) is 0 Å². The molecule has 0 aliphatic carbocycles. The van der Waals surface area contributed by atoms with Crippen molar-refractivity contribution < 1.29 is 0 Å². The third-order valence-electron chi connectivity index (χ3n) is 2.53. The van der Waals surface area contributed by atoms with E-state index < -0.39 is 0 Å². The Morgan fingerprint density at radius 2 is 2.60 bits per heavy atom. The molecule has 0 aromatic heterocycles. The predicted molar refractivity (Wildman–Crippen MR) is 43.4 cm³/mol. The van der Waals surface area contributed by atoms with E-state index in [0.717, 1.165) is 18.5 Å². The Labute approximate surface area is 66.7 Å². The van der Waals surface area contributed by atoms with Gasteiger partial charge >= 0.3 is 0 Å². The van der Waals surface area contributed by atoms with Gasteiger partial charge in [0.15, 0.2) is 0 Å². The van der Waals surface area contributed by atoms with Crippen LogP contribution in [0.15, 0.2) is 11.6 Å². The molecule has 56 valence electrons. The molecule has 1 atom stereocenters. The first-order chi connectivity index (χ1) is 4.92. The highest BCUT2D eigenvalue weighted by molar-refractivity contribution is 6.19. The molecule has 0 aromatic rings. The number of nitrogens with zero attached hydrogens (tertiary/aromatic N) is 1. The van der Waals surface area contributed by atoms with E-state index in [2.05, 4.69) is 11.0 Å². The van der Waals surface area contributed by atoms with E-state index in [-0.39, 0.29) is 0 Å². The molecule has 2 rings (SSSR count). The van der Waals surface area contributed by atoms with Crippen LogP contribution in [0.5, 0.6) is 0 Å². The summed E-state index contributed by atoms with van der Waals surface area (Å²) >= 11 is 5.78. The number of halogens is 1. The van der Waals surface area contributed by atoms with Crippen LogP contribution in [0.25, 0.3) is 0 Å². The lowest BCUT2D eigenvalue weighted by atomic mass is 10.1. The van der Waals surface area contributed by atoms with Crippen LogP contribution in [0.4, 0.5) is 0 Å². The van der Waals surface area contributed by atoms with Crippen molar-refractivity contribution in [2.24, 2.45) is 0 Å². The minimum Gasteiger partial charge on any atom is -0.293 e. The number of rotatable bonds is 1. The summed E-state index contributed by atoms with van der Waals surface area (Å²) in [5.41, 5.74) is 1.46. The first-order valence-corrected chi connectivity index (χ1v) is 4.44. The van der Waals surface area contributed by atoms with Gasteiger partial charge in [-0.25, -0.2) is 0 Å². The van der Waals surface area contributed by atoms with Crippen molar-refractivity contribution in [3.05, 3.63) is 11.6 Å². The minimum absolute atomic E-state index is 0.720. The molecule has 2 aliphatic heterocycles. The maximum atomic E-state index is 5.78. The van der Waals surface area contributed by atoms with Gasteiger partial charge in [-0.1, -0.05) is 6.08 Å². The van der Waals surface area contributed by atoms with E-state index >= 15 is 0 Å². The van der Waals surface area contributed by atoms with E-state index in [1.165, 1.54) is 25.0 Å². The Hall–Kier alpha value is -0.0100. The quantitative estimate of drug-likeness (QED) is 0.413. The number of fused-ring (bicyclic) bond motifs is 1. The summed E-state index contributed by atoms with van der Waals surface area (Å²) in [7, 11) is 0. The van der Waals surface area contributed by atoms with E-state index in [1.54, 1.807) is 0 Å². The average molecular weight is 158 g/mol. The number of alkyl halides is 1. The summed E-state index contributed by atoms with van der Waals surface area (Å²) in [6.45, 7) is 2.42. The molecule has 2 heterocycles. The van der Waals surface area contributed by atoms with E-state index in [4.69, 9.17) is 11.6 Å². The molecule has 10 heavy (non-hydrogen) atoms. The van der Waals surface area contributed by atoms with Gasteiger partial charge in [0.1, 0.15) is 0 Å². The molecule has 1 unspecified atom stereocenters. The molecule has 0 amide bonds. The summed E-state index contributed by atoms with van der Waals surface area (Å²) in [5, 5.41) is 0. The fourth-order valence-corrected chi connectivity index (χ4v) is 2.27. The van der Waals surface area contributed by atoms with Crippen molar-refractivity contribution in [3.63, 3.8) is 0 Å². The molecule has 1 saturated heterocycles. The molecule has 1 nitrogen and oxygen atoms in total. The monoisotopic (exact) mass is 157 g/mol. The van der Waals surface area contributed by atoms with Crippen LogP contribution < -0.4 is 0 Å². The molecular formula is C8H12ClN. The molecule has 2 aliphatic rings. The fourth-order valence-electron chi connectivity index (χ4n) is 1.98. The van der Waals surface area contributed by atoms with Gasteiger partial charge in [-0.15, -0.1) is 11.6 Å². The van der Waals surface area contributed by atoms with E-state index in [1.807, 2.05) is 0 Å². The molecule has 0 bridgehead atoms. The largest absolute Gasteiger partial charge is 0.293 e. The highest BCUT2D eigenvalue weighted by Gasteiger charge is 2.30. The minimum atomic E-state index is 0.720. The molecule has 0 saturated carbocycles. The second-order valence-corrected chi connectivity index (χ2v) is 3.33. The molecule has 1 fully saturated rings. The van der Waals surface area contributed by atoms with Crippen molar-refractivity contribution in [2.75, 3.05) is 19.0 Å². The van der Waals surface area contributed by atoms with E-state index in [9.17, 15) is 0 Å². The van der Waals surface area contributed by atoms with Crippen molar-refractivity contribution >= 4 is 11.6 Å². The maximum absolute atomic E-state index is 5.78. The maximum Gasteiger partial charge on any atom is 0.0449 e. The second kappa shape index (κ2) is 2.55. The Balaban J connectivity index is 2.10. The normalized spacial score (nSPS) is 32.5. The average Bonchev–Trinajstić information content (AvgIpc) is 2.44. The summed E-state index contributed by atoms with van der Waals surface area (Å²) in [4.78, 5) is 2.51. The zero-order chi connectivity index (χ0) is 6.97. The molecule has 2 heteroatoms. The summed E-state index contributed by atoms with van der Waals surface area (Å²) < 4.78 is 0. The lowest BCUT2D eigenvalue weighted by Gasteiger charge is -2.16. The topological polar surface area (TPSA) is 3.24 Å². The van der Waals surface area contributed by atoms with Crippen molar-refractivity contribution in [1.82, 2.24) is 4.90 Å². The van der Waals surface area contributed by atoms with Crippen molar-refractivity contribution in [2.45, 2.75) is 18.9 Å². The van der Waals surface area contributed by atoms with E-state index in [0.29, 0.717) is 0 Å². The van der Waals surface area contributed by atoms with Crippen LogP contribution in [0.1, 0.15) is 12.8 Å². The van der Waals surface area contributed by atoms with Crippen LogP contribution in [0.2, 0.25) is 0 Å². The smallest absolute Gasteiger partial charge is 0.0449 e. The van der Waals surface area contributed by atoms with Crippen LogP contribution in [-0.2, 0) is 0 Å². The van der Waals surface area contributed by atoms with Gasteiger partial charge in [0.05, 0.1) is 0 Å². The van der Waals surface area contributed by atoms with Gasteiger partial charge < -0.3 is 0 Å². The molecular weight excluding hydrogens is 146 g/mol. The first-order valence-electron chi connectivity index (χ1n) is 3.91. The van der Waals surface area contributed by atoms with Gasteiger partial charge in [-0.2, -0.15) is 0 Å². The van der Waals surface area contributed by atoms with Crippen LogP contribution in [0, 0.1) is 0 Å². The molecule has 0 radical (unpaired) electrons. The Bertz CT molecular complexity index is 165. The third-order valence-corrected chi connectivity index (χ3v) is 2.84. The van der Waals surface area contributed by atoms with Gasteiger partial charge in [0, 0.05) is 18.5 Å². The second-order valence-electron chi connectivity index (χ2n) is 3.07. The lowest BCUT2D eigenvalue weighted by Crippen LogP contribution is -2.25. The molecule has 0 spiro atoms. The van der Waals surface area contributed by atoms with Gasteiger partial charge in [-0.3, -0.25) is 4.90 Å². The zero-order valence-electron chi connectivity index (χ0n) is 6.02. The van der Waals surface area contributed by atoms with Crippen LogP contribution in [0.3, 0.4) is 0 Å². The van der Waals surface area contributed by atoms with Gasteiger partial charge in [-0.05, 0) is 25.0 Å². The Morgan fingerprint density at radius 3 is 3.40 bits per heavy atom. The zero-order valence-corrected chi connectivity index (χ0v) is 6.77. The molecule has 0 N–H and O–H groups in total. The summed E-state index contributed by atoms with van der Waals surface area (Å²) in [6.07, 6.45) is 4.98. The van der Waals surface area contributed by atoms with Crippen molar-refractivity contribution in [1.29, 1.82) is 0 Å². The molecule has 0 aromatic carbocycles. The lowest BCUT2D eigenvalue weighted by molar-refractivity contribution is 0.337. The SMILES string of the molecule is ClCC1=CCN2CCCC12. The Kier molecular flexibility index (Phi) is 1.71. The summed E-state index contributed by atoms with van der Waals surface area (Å²) in [6, 6.07) is 0.720. The van der Waals surface area contributed by atoms with Crippen molar-refractivity contribution in [3.8, 4) is 0 Å². The van der Waals surface area contributed by atoms with Crippen LogP contribution in [-0.4, -0.2) is 29.9 Å². The highest BCUT2D eigenvalue weighted by atomic mass is 35.5. The Morgan fingerprint density at radius 1 is 1.70 bits per heavy atom.